The highest BCUT2D eigenvalue weighted by Gasteiger charge is 2.23. The number of amides is 1. The van der Waals surface area contributed by atoms with E-state index in [1.54, 1.807) is 6.92 Å². The van der Waals surface area contributed by atoms with Gasteiger partial charge in [-0.2, -0.15) is 0 Å². The average molecular weight is 482 g/mol. The molecule has 0 radical (unpaired) electrons. The molecule has 0 aliphatic carbocycles. The molecule has 1 aromatic heterocycles. The van der Waals surface area contributed by atoms with Crippen molar-refractivity contribution in [3.8, 4) is 0 Å². The lowest BCUT2D eigenvalue weighted by Gasteiger charge is -2.11. The van der Waals surface area contributed by atoms with E-state index in [0.717, 1.165) is 21.6 Å². The Hall–Kier alpha value is -3.96. The van der Waals surface area contributed by atoms with Gasteiger partial charge in [-0.05, 0) is 35.8 Å². The van der Waals surface area contributed by atoms with Gasteiger partial charge in [0.2, 0.25) is 0 Å². The topological polar surface area (TPSA) is 55.4 Å². The molecule has 1 unspecified atom stereocenters. The van der Waals surface area contributed by atoms with Crippen molar-refractivity contribution in [3.05, 3.63) is 124 Å². The molecular formula is C30H27NO3S. The molecule has 1 amide bonds. The van der Waals surface area contributed by atoms with Gasteiger partial charge in [0, 0.05) is 16.4 Å². The highest BCUT2D eigenvalue weighted by molar-refractivity contribution is 7.16. The SMILES string of the molecule is CCOC(=O)c1cc(C(C)c2ccccc2)sc1NC(=O)/C(=C\c1ccccc1)c1ccccc1. The first-order valence-electron chi connectivity index (χ1n) is 11.6. The van der Waals surface area contributed by atoms with Gasteiger partial charge in [-0.25, -0.2) is 4.79 Å². The van der Waals surface area contributed by atoms with Crippen LogP contribution in [0.4, 0.5) is 5.00 Å². The van der Waals surface area contributed by atoms with Crippen LogP contribution in [0.25, 0.3) is 11.6 Å². The number of hydrogen-bond acceptors (Lipinski definition) is 4. The first-order valence-corrected chi connectivity index (χ1v) is 12.4. The molecule has 0 saturated heterocycles. The van der Waals surface area contributed by atoms with Gasteiger partial charge in [0.15, 0.2) is 0 Å². The monoisotopic (exact) mass is 481 g/mol. The summed E-state index contributed by atoms with van der Waals surface area (Å²) in [6, 6.07) is 31.1. The highest BCUT2D eigenvalue weighted by atomic mass is 32.1. The minimum Gasteiger partial charge on any atom is -0.462 e. The smallest absolute Gasteiger partial charge is 0.341 e. The summed E-state index contributed by atoms with van der Waals surface area (Å²) in [6.45, 7) is 4.12. The summed E-state index contributed by atoms with van der Waals surface area (Å²) in [5.74, 6) is -0.668. The van der Waals surface area contributed by atoms with E-state index < -0.39 is 5.97 Å². The largest absolute Gasteiger partial charge is 0.462 e. The Labute approximate surface area is 209 Å². The zero-order valence-electron chi connectivity index (χ0n) is 19.7. The molecule has 4 rings (SSSR count). The molecule has 1 heterocycles. The first kappa shape index (κ1) is 24.2. The number of benzene rings is 3. The summed E-state index contributed by atoms with van der Waals surface area (Å²) in [5, 5.41) is 3.49. The second kappa shape index (κ2) is 11.4. The van der Waals surface area contributed by atoms with Crippen molar-refractivity contribution in [2.45, 2.75) is 19.8 Å². The van der Waals surface area contributed by atoms with E-state index >= 15 is 0 Å². The third-order valence-electron chi connectivity index (χ3n) is 5.64. The maximum absolute atomic E-state index is 13.6. The molecule has 0 fully saturated rings. The van der Waals surface area contributed by atoms with Crippen LogP contribution < -0.4 is 5.32 Å². The summed E-state index contributed by atoms with van der Waals surface area (Å²) in [7, 11) is 0. The van der Waals surface area contributed by atoms with Crippen molar-refractivity contribution in [2.75, 3.05) is 11.9 Å². The molecular weight excluding hydrogens is 454 g/mol. The standard InChI is InChI=1S/C30H27NO3S/c1-3-34-30(33)26-20-27(21(2)23-15-9-5-10-16-23)35-29(26)31-28(32)25(24-17-11-6-12-18-24)19-22-13-7-4-8-14-22/h4-21H,3H2,1-2H3,(H,31,32)/b25-19-. The van der Waals surface area contributed by atoms with Crippen molar-refractivity contribution in [3.63, 3.8) is 0 Å². The van der Waals surface area contributed by atoms with Crippen molar-refractivity contribution >= 4 is 39.9 Å². The Kier molecular flexibility index (Phi) is 7.91. The first-order chi connectivity index (χ1) is 17.1. The number of rotatable bonds is 8. The number of carbonyl (C=O) groups excluding carboxylic acids is 2. The molecule has 4 nitrogen and oxygen atoms in total. The van der Waals surface area contributed by atoms with Crippen molar-refractivity contribution in [1.29, 1.82) is 0 Å². The second-order valence-electron chi connectivity index (χ2n) is 8.03. The van der Waals surface area contributed by atoms with Gasteiger partial charge in [-0.3, -0.25) is 4.79 Å². The zero-order valence-corrected chi connectivity index (χ0v) is 20.5. The molecule has 3 aromatic carbocycles. The highest BCUT2D eigenvalue weighted by Crippen LogP contribution is 2.37. The Morgan fingerprint density at radius 2 is 1.51 bits per heavy atom. The van der Waals surface area contributed by atoms with Crippen molar-refractivity contribution < 1.29 is 14.3 Å². The number of carbonyl (C=O) groups is 2. The van der Waals surface area contributed by atoms with Crippen LogP contribution in [0.5, 0.6) is 0 Å². The lowest BCUT2D eigenvalue weighted by molar-refractivity contribution is -0.111. The molecule has 1 N–H and O–H groups in total. The van der Waals surface area contributed by atoms with Gasteiger partial charge in [0.05, 0.1) is 12.2 Å². The van der Waals surface area contributed by atoms with Crippen molar-refractivity contribution in [1.82, 2.24) is 0 Å². The number of nitrogens with one attached hydrogen (secondary N) is 1. The summed E-state index contributed by atoms with van der Waals surface area (Å²) >= 11 is 1.40. The normalized spacial score (nSPS) is 12.1. The fraction of sp³-hybridized carbons (Fsp3) is 0.133. The number of esters is 1. The maximum Gasteiger partial charge on any atom is 0.341 e. The maximum atomic E-state index is 13.6. The minimum atomic E-state index is -0.445. The van der Waals surface area contributed by atoms with E-state index in [-0.39, 0.29) is 18.4 Å². The predicted octanol–water partition coefficient (Wildman–Crippen LogP) is 7.26. The Balaban J connectivity index is 1.71. The van der Waals surface area contributed by atoms with Gasteiger partial charge < -0.3 is 10.1 Å². The van der Waals surface area contributed by atoms with E-state index in [1.807, 2.05) is 91.0 Å². The summed E-state index contributed by atoms with van der Waals surface area (Å²) in [5.41, 5.74) is 3.72. The van der Waals surface area contributed by atoms with Crippen LogP contribution in [0.2, 0.25) is 0 Å². The molecule has 1 atom stereocenters. The molecule has 0 aliphatic rings. The second-order valence-corrected chi connectivity index (χ2v) is 9.12. The van der Waals surface area contributed by atoms with E-state index in [0.29, 0.717) is 16.1 Å². The number of thiophene rings is 1. The molecule has 0 spiro atoms. The van der Waals surface area contributed by atoms with Gasteiger partial charge in [0.1, 0.15) is 5.00 Å². The Bertz CT molecular complexity index is 1310. The van der Waals surface area contributed by atoms with Crippen LogP contribution in [0.15, 0.2) is 97.1 Å². The lowest BCUT2D eigenvalue weighted by atomic mass is 9.99. The van der Waals surface area contributed by atoms with Gasteiger partial charge >= 0.3 is 5.97 Å². The molecule has 176 valence electrons. The van der Waals surface area contributed by atoms with Gasteiger partial charge in [-0.1, -0.05) is 97.9 Å². The van der Waals surface area contributed by atoms with Gasteiger partial charge in [-0.15, -0.1) is 11.3 Å². The third-order valence-corrected chi connectivity index (χ3v) is 6.87. The quantitative estimate of drug-likeness (QED) is 0.164. The molecule has 0 aliphatic heterocycles. The van der Waals surface area contributed by atoms with Crippen LogP contribution in [0.1, 0.15) is 51.7 Å². The number of ether oxygens (including phenoxy) is 1. The van der Waals surface area contributed by atoms with E-state index in [9.17, 15) is 9.59 Å². The fourth-order valence-corrected chi connectivity index (χ4v) is 4.89. The van der Waals surface area contributed by atoms with Crippen LogP contribution in [0, 0.1) is 0 Å². The van der Waals surface area contributed by atoms with Crippen LogP contribution in [0.3, 0.4) is 0 Å². The fourth-order valence-electron chi connectivity index (χ4n) is 3.77. The predicted molar refractivity (Wildman–Crippen MR) is 144 cm³/mol. The molecule has 4 aromatic rings. The number of hydrogen-bond donors (Lipinski definition) is 1. The number of anilines is 1. The Morgan fingerprint density at radius 1 is 0.914 bits per heavy atom. The lowest BCUT2D eigenvalue weighted by Crippen LogP contribution is -2.15. The van der Waals surface area contributed by atoms with E-state index in [1.165, 1.54) is 11.3 Å². The van der Waals surface area contributed by atoms with E-state index in [4.69, 9.17) is 4.74 Å². The Morgan fingerprint density at radius 3 is 2.14 bits per heavy atom. The minimum absolute atomic E-state index is 0.0634. The average Bonchev–Trinajstić information content (AvgIpc) is 3.32. The zero-order chi connectivity index (χ0) is 24.6. The van der Waals surface area contributed by atoms with Crippen LogP contribution >= 0.6 is 11.3 Å². The van der Waals surface area contributed by atoms with Crippen LogP contribution in [-0.2, 0) is 9.53 Å². The van der Waals surface area contributed by atoms with E-state index in [2.05, 4.69) is 24.4 Å². The molecule has 0 saturated carbocycles. The summed E-state index contributed by atoms with van der Waals surface area (Å²) in [6.07, 6.45) is 1.86. The van der Waals surface area contributed by atoms with Crippen molar-refractivity contribution in [2.24, 2.45) is 0 Å². The molecule has 0 bridgehead atoms. The van der Waals surface area contributed by atoms with Crippen LogP contribution in [-0.4, -0.2) is 18.5 Å². The summed E-state index contributed by atoms with van der Waals surface area (Å²) < 4.78 is 5.29. The summed E-state index contributed by atoms with van der Waals surface area (Å²) in [4.78, 5) is 27.3. The molecule has 35 heavy (non-hydrogen) atoms. The third kappa shape index (κ3) is 5.94. The van der Waals surface area contributed by atoms with Gasteiger partial charge in [0.25, 0.3) is 5.91 Å². The molecule has 5 heteroatoms.